The molecule has 0 heterocycles. The number of aliphatic carboxylic acids is 1. The first-order chi connectivity index (χ1) is 14.0. The molecule has 0 aromatic heterocycles. The number of nitrogens with two attached hydrogens (primary N) is 1. The predicted molar refractivity (Wildman–Crippen MR) is 116 cm³/mol. The van der Waals surface area contributed by atoms with E-state index >= 15 is 0 Å². The molecule has 0 aliphatic heterocycles. The number of phenols is 1. The van der Waals surface area contributed by atoms with Gasteiger partial charge in [-0.2, -0.15) is 0 Å². The second-order valence-corrected chi connectivity index (χ2v) is 7.40. The zero-order chi connectivity index (χ0) is 22.8. The molecule has 0 spiro atoms. The van der Waals surface area contributed by atoms with Crippen LogP contribution in [-0.2, 0) is 20.8 Å². The Morgan fingerprint density at radius 3 is 2.23 bits per heavy atom. The lowest BCUT2D eigenvalue weighted by atomic mass is 9.90. The van der Waals surface area contributed by atoms with Gasteiger partial charge in [-0.1, -0.05) is 24.4 Å². The third-order valence-electron chi connectivity index (χ3n) is 4.16. The van der Waals surface area contributed by atoms with Crippen molar-refractivity contribution in [3.63, 3.8) is 0 Å². The summed E-state index contributed by atoms with van der Waals surface area (Å²) < 4.78 is 0. The maximum absolute atomic E-state index is 12.4. The Labute approximate surface area is 180 Å². The molecule has 0 unspecified atom stereocenters. The molecule has 0 fully saturated rings. The van der Waals surface area contributed by atoms with Gasteiger partial charge in [0.05, 0.1) is 23.5 Å². The van der Waals surface area contributed by atoms with E-state index in [2.05, 4.69) is 16.0 Å². The lowest BCUT2D eigenvalue weighted by Gasteiger charge is -2.24. The van der Waals surface area contributed by atoms with Gasteiger partial charge in [0.1, 0.15) is 11.8 Å². The minimum absolute atomic E-state index is 0.0647. The third-order valence-corrected chi connectivity index (χ3v) is 4.56. The number of carboxylic acids is 1. The maximum atomic E-state index is 12.4. The van der Waals surface area contributed by atoms with E-state index in [1.165, 1.54) is 19.1 Å². The number of carboxylic acid groups (broad SMARTS) is 1. The van der Waals surface area contributed by atoms with E-state index in [0.717, 1.165) is 5.56 Å². The number of aromatic hydroxyl groups is 1. The fourth-order valence-corrected chi connectivity index (χ4v) is 2.78. The van der Waals surface area contributed by atoms with Gasteiger partial charge in [-0.15, -0.1) is 0 Å². The minimum Gasteiger partial charge on any atom is -0.508 e. The number of nitrogens with one attached hydrogen (secondary N) is 3. The van der Waals surface area contributed by atoms with Gasteiger partial charge in [0.2, 0.25) is 11.8 Å². The van der Waals surface area contributed by atoms with Crippen molar-refractivity contribution in [2.75, 3.05) is 0 Å². The standard InChI is InChI=1S/C18H27BN4O6S/c1-9(21-17(28)13(20)7-11-3-5-12(24)6-4-11)16(27)23-14(8-15(25)26)18(30)22-10(2)19-29/h3-6,9-10,13-14,19,24,29H,7-8,20H2,1-2H3,(H,21,28)(H,22,30)(H,23,27)(H,25,26)/t9-,10-,13-,14-/m0/s1. The largest absolute Gasteiger partial charge is 0.508 e. The highest BCUT2D eigenvalue weighted by molar-refractivity contribution is 7.80. The zero-order valence-electron chi connectivity index (χ0n) is 16.8. The van der Waals surface area contributed by atoms with Crippen LogP contribution in [0.4, 0.5) is 0 Å². The molecule has 164 valence electrons. The molecule has 0 radical (unpaired) electrons. The van der Waals surface area contributed by atoms with Crippen molar-refractivity contribution in [1.29, 1.82) is 0 Å². The van der Waals surface area contributed by atoms with Gasteiger partial charge in [-0.05, 0) is 38.0 Å². The molecule has 8 N–H and O–H groups in total. The summed E-state index contributed by atoms with van der Waals surface area (Å²) in [6, 6.07) is 3.31. The van der Waals surface area contributed by atoms with Crippen LogP contribution in [0.25, 0.3) is 0 Å². The number of benzene rings is 1. The van der Waals surface area contributed by atoms with E-state index in [1.54, 1.807) is 19.1 Å². The van der Waals surface area contributed by atoms with Crippen LogP contribution in [0.1, 0.15) is 25.8 Å². The molecule has 30 heavy (non-hydrogen) atoms. The molecule has 10 nitrogen and oxygen atoms in total. The number of carbonyl (C=O) groups is 3. The summed E-state index contributed by atoms with van der Waals surface area (Å²) in [5, 5.41) is 35.2. The summed E-state index contributed by atoms with van der Waals surface area (Å²) in [5.74, 6) is -2.68. The number of thiocarbonyl (C=S) groups is 1. The number of hydrogen-bond donors (Lipinski definition) is 7. The Morgan fingerprint density at radius 2 is 1.70 bits per heavy atom. The number of carbonyl (C=O) groups excluding carboxylic acids is 2. The molecule has 12 heteroatoms. The SMILES string of the molecule is C[C@H](NC(=O)[C@@H](N)Cc1ccc(O)cc1)C(=O)N[C@@H](CC(=O)O)C(=S)N[C@@H](C)BO. The van der Waals surface area contributed by atoms with Crippen LogP contribution < -0.4 is 21.7 Å². The van der Waals surface area contributed by atoms with E-state index in [0.29, 0.717) is 0 Å². The number of hydrogen-bond acceptors (Lipinski definition) is 7. The first-order valence-corrected chi connectivity index (χ1v) is 9.71. The monoisotopic (exact) mass is 438 g/mol. The average Bonchev–Trinajstić information content (AvgIpc) is 2.68. The molecule has 0 bridgehead atoms. The highest BCUT2D eigenvalue weighted by Gasteiger charge is 2.26. The van der Waals surface area contributed by atoms with Gasteiger partial charge in [-0.3, -0.25) is 14.4 Å². The maximum Gasteiger partial charge on any atom is 0.305 e. The van der Waals surface area contributed by atoms with Crippen molar-refractivity contribution in [2.24, 2.45) is 5.73 Å². The van der Waals surface area contributed by atoms with Crippen LogP contribution in [0.5, 0.6) is 5.75 Å². The van der Waals surface area contributed by atoms with Crippen LogP contribution in [0, 0.1) is 0 Å². The first kappa shape index (κ1) is 25.3. The Morgan fingerprint density at radius 1 is 1.10 bits per heavy atom. The summed E-state index contributed by atoms with van der Waals surface area (Å²) in [5.41, 5.74) is 6.62. The first-order valence-electron chi connectivity index (χ1n) is 9.30. The molecular weight excluding hydrogens is 411 g/mol. The van der Waals surface area contributed by atoms with E-state index < -0.39 is 48.3 Å². The number of phenolic OH excluding ortho intramolecular Hbond substituents is 1. The molecule has 1 rings (SSSR count). The van der Waals surface area contributed by atoms with Crippen molar-refractivity contribution in [2.45, 2.75) is 50.8 Å². The third kappa shape index (κ3) is 8.76. The summed E-state index contributed by atoms with van der Waals surface area (Å²) in [6.07, 6.45) is -0.258. The summed E-state index contributed by atoms with van der Waals surface area (Å²) in [7, 11) is -0.223. The van der Waals surface area contributed by atoms with E-state index in [1.807, 2.05) is 0 Å². The van der Waals surface area contributed by atoms with E-state index in [-0.39, 0.29) is 24.6 Å². The minimum atomic E-state index is -1.17. The van der Waals surface area contributed by atoms with Gasteiger partial charge in [-0.25, -0.2) is 0 Å². The fraction of sp³-hybridized carbons (Fsp3) is 0.444. The van der Waals surface area contributed by atoms with Crippen LogP contribution in [0.15, 0.2) is 24.3 Å². The molecule has 4 atom stereocenters. The average molecular weight is 438 g/mol. The van der Waals surface area contributed by atoms with Gasteiger partial charge in [0.25, 0.3) is 7.48 Å². The summed E-state index contributed by atoms with van der Waals surface area (Å²) in [6.45, 7) is 3.08. The summed E-state index contributed by atoms with van der Waals surface area (Å²) in [4.78, 5) is 35.9. The molecule has 0 saturated heterocycles. The molecule has 1 aromatic carbocycles. The molecule has 0 aliphatic rings. The van der Waals surface area contributed by atoms with Crippen molar-refractivity contribution < 1.29 is 29.6 Å². The Balaban J connectivity index is 2.66. The number of rotatable bonds is 11. The molecule has 0 aliphatic carbocycles. The van der Waals surface area contributed by atoms with Gasteiger partial charge in [0, 0.05) is 5.94 Å². The van der Waals surface area contributed by atoms with Crippen molar-refractivity contribution in [3.05, 3.63) is 29.8 Å². The van der Waals surface area contributed by atoms with Gasteiger partial charge < -0.3 is 36.9 Å². The fourth-order valence-electron chi connectivity index (χ4n) is 2.43. The lowest BCUT2D eigenvalue weighted by molar-refractivity contribution is -0.137. The van der Waals surface area contributed by atoms with Crippen molar-refractivity contribution >= 4 is 42.5 Å². The lowest BCUT2D eigenvalue weighted by Crippen LogP contribution is -2.56. The van der Waals surface area contributed by atoms with Crippen LogP contribution in [-0.4, -0.2) is 69.6 Å². The molecule has 2 amide bonds. The molecular formula is C18H27BN4O6S. The van der Waals surface area contributed by atoms with Crippen LogP contribution in [0.2, 0.25) is 0 Å². The van der Waals surface area contributed by atoms with E-state index in [9.17, 15) is 19.5 Å². The quantitative estimate of drug-likeness (QED) is 0.157. The smallest absolute Gasteiger partial charge is 0.305 e. The predicted octanol–water partition coefficient (Wildman–Crippen LogP) is -1.67. The Bertz CT molecular complexity index is 764. The topological polar surface area (TPSA) is 174 Å². The van der Waals surface area contributed by atoms with Crippen molar-refractivity contribution in [1.82, 2.24) is 16.0 Å². The molecule has 0 saturated carbocycles. The number of amides is 2. The normalized spacial score (nSPS) is 14.5. The molecule has 1 aromatic rings. The zero-order valence-corrected chi connectivity index (χ0v) is 17.6. The highest BCUT2D eigenvalue weighted by Crippen LogP contribution is 2.11. The summed E-state index contributed by atoms with van der Waals surface area (Å²) >= 11 is 5.13. The highest BCUT2D eigenvalue weighted by atomic mass is 32.1. The van der Waals surface area contributed by atoms with Gasteiger partial charge in [0.15, 0.2) is 0 Å². The van der Waals surface area contributed by atoms with Crippen LogP contribution in [0.3, 0.4) is 0 Å². The Kier molecular flexibility index (Phi) is 10.2. The second-order valence-electron chi connectivity index (χ2n) is 6.96. The van der Waals surface area contributed by atoms with E-state index in [4.69, 9.17) is 28.1 Å². The second kappa shape index (κ2) is 12.1. The van der Waals surface area contributed by atoms with Gasteiger partial charge >= 0.3 is 5.97 Å². The van der Waals surface area contributed by atoms with Crippen LogP contribution >= 0.6 is 12.2 Å². The van der Waals surface area contributed by atoms with Crippen molar-refractivity contribution in [3.8, 4) is 5.75 Å². The Hall–Kier alpha value is -2.70.